The van der Waals surface area contributed by atoms with Crippen LogP contribution in [0.25, 0.3) is 5.76 Å². The van der Waals surface area contributed by atoms with E-state index in [4.69, 9.17) is 23.2 Å². The molecule has 1 aromatic rings. The van der Waals surface area contributed by atoms with Gasteiger partial charge in [0.15, 0.2) is 0 Å². The van der Waals surface area contributed by atoms with Crippen molar-refractivity contribution in [3.05, 3.63) is 39.6 Å². The SMILES string of the molecule is COC(=O)C(=O)C=C(O)c1c(Cl)ccc(F)c1Cl. The smallest absolute Gasteiger partial charge is 0.378 e. The zero-order valence-electron chi connectivity index (χ0n) is 9.04. The molecule has 0 aliphatic heterocycles. The van der Waals surface area contributed by atoms with Gasteiger partial charge in [-0.05, 0) is 12.1 Å². The third-order valence-electron chi connectivity index (χ3n) is 1.95. The number of aliphatic hydroxyl groups is 1. The maximum absolute atomic E-state index is 13.2. The first kappa shape index (κ1) is 14.5. The maximum atomic E-state index is 13.2. The molecule has 0 fully saturated rings. The Kier molecular flexibility index (Phi) is 4.69. The summed E-state index contributed by atoms with van der Waals surface area (Å²) in [6, 6.07) is 2.16. The zero-order chi connectivity index (χ0) is 13.9. The van der Waals surface area contributed by atoms with Gasteiger partial charge in [0.25, 0.3) is 5.78 Å². The van der Waals surface area contributed by atoms with Gasteiger partial charge >= 0.3 is 5.97 Å². The average Bonchev–Trinajstić information content (AvgIpc) is 2.33. The molecule has 0 bridgehead atoms. The summed E-state index contributed by atoms with van der Waals surface area (Å²) in [5.41, 5.74) is -0.268. The molecule has 1 N–H and O–H groups in total. The van der Waals surface area contributed by atoms with E-state index in [0.717, 1.165) is 19.2 Å². The Bertz CT molecular complexity index is 540. The van der Waals surface area contributed by atoms with E-state index in [1.165, 1.54) is 0 Å². The number of hydrogen-bond donors (Lipinski definition) is 1. The van der Waals surface area contributed by atoms with Gasteiger partial charge in [-0.15, -0.1) is 0 Å². The summed E-state index contributed by atoms with van der Waals surface area (Å²) < 4.78 is 17.3. The molecule has 0 spiro atoms. The minimum absolute atomic E-state index is 0.0622. The normalized spacial score (nSPS) is 11.2. The van der Waals surface area contributed by atoms with Crippen molar-refractivity contribution in [3.63, 3.8) is 0 Å². The van der Waals surface area contributed by atoms with Gasteiger partial charge in [0.05, 0.1) is 22.7 Å². The number of hydrogen-bond acceptors (Lipinski definition) is 4. The quantitative estimate of drug-likeness (QED) is 0.306. The first-order chi connectivity index (χ1) is 8.38. The first-order valence-electron chi connectivity index (χ1n) is 4.55. The van der Waals surface area contributed by atoms with Crippen LogP contribution in [0.3, 0.4) is 0 Å². The van der Waals surface area contributed by atoms with Crippen LogP contribution >= 0.6 is 23.2 Å². The second-order valence-electron chi connectivity index (χ2n) is 3.10. The van der Waals surface area contributed by atoms with Crippen molar-refractivity contribution < 1.29 is 23.8 Å². The standard InChI is InChI=1S/C11H7Cl2FO4/c1-18-11(17)8(16)4-7(15)9-5(12)2-3-6(14)10(9)13/h2-4,15H,1H3. The number of carbonyl (C=O) groups is 2. The van der Waals surface area contributed by atoms with E-state index in [0.29, 0.717) is 6.08 Å². The lowest BCUT2D eigenvalue weighted by atomic mass is 10.1. The van der Waals surface area contributed by atoms with Crippen molar-refractivity contribution in [2.75, 3.05) is 7.11 Å². The summed E-state index contributed by atoms with van der Waals surface area (Å²) in [4.78, 5) is 22.0. The molecular formula is C11H7Cl2FO4. The van der Waals surface area contributed by atoms with Crippen LogP contribution in [-0.4, -0.2) is 24.0 Å². The third kappa shape index (κ3) is 3.00. The molecule has 7 heteroatoms. The fraction of sp³-hybridized carbons (Fsp3) is 0.0909. The minimum atomic E-state index is -1.18. The van der Waals surface area contributed by atoms with Crippen molar-refractivity contribution in [3.8, 4) is 0 Å². The van der Waals surface area contributed by atoms with Crippen LogP contribution in [0.15, 0.2) is 18.2 Å². The molecule has 18 heavy (non-hydrogen) atoms. The lowest BCUT2D eigenvalue weighted by molar-refractivity contribution is -0.149. The van der Waals surface area contributed by atoms with E-state index < -0.39 is 28.4 Å². The summed E-state index contributed by atoms with van der Waals surface area (Å²) in [5.74, 6) is -3.84. The maximum Gasteiger partial charge on any atom is 0.378 e. The Morgan fingerprint density at radius 2 is 2.00 bits per heavy atom. The molecule has 0 atom stereocenters. The van der Waals surface area contributed by atoms with Gasteiger partial charge in [0.1, 0.15) is 11.6 Å². The topological polar surface area (TPSA) is 63.6 Å². The minimum Gasteiger partial charge on any atom is -0.507 e. The molecule has 1 aromatic carbocycles. The number of rotatable bonds is 3. The zero-order valence-corrected chi connectivity index (χ0v) is 10.5. The molecule has 0 aliphatic carbocycles. The molecule has 0 saturated heterocycles. The summed E-state index contributed by atoms with van der Waals surface area (Å²) >= 11 is 11.3. The largest absolute Gasteiger partial charge is 0.507 e. The van der Waals surface area contributed by atoms with Crippen LogP contribution in [0.2, 0.25) is 10.0 Å². The predicted molar refractivity (Wildman–Crippen MR) is 64.0 cm³/mol. The Balaban J connectivity index is 3.23. The highest BCUT2D eigenvalue weighted by Crippen LogP contribution is 2.31. The lowest BCUT2D eigenvalue weighted by Gasteiger charge is -2.06. The van der Waals surface area contributed by atoms with Crippen LogP contribution < -0.4 is 0 Å². The molecular weight excluding hydrogens is 286 g/mol. The second kappa shape index (κ2) is 5.84. The van der Waals surface area contributed by atoms with Gasteiger partial charge in [-0.3, -0.25) is 4.79 Å². The second-order valence-corrected chi connectivity index (χ2v) is 3.89. The number of carbonyl (C=O) groups excluding carboxylic acids is 2. The number of esters is 1. The van der Waals surface area contributed by atoms with E-state index in [1.54, 1.807) is 0 Å². The lowest BCUT2D eigenvalue weighted by Crippen LogP contribution is -2.13. The van der Waals surface area contributed by atoms with Gasteiger partial charge in [-0.1, -0.05) is 23.2 Å². The van der Waals surface area contributed by atoms with Crippen molar-refractivity contribution in [1.29, 1.82) is 0 Å². The molecule has 0 saturated carbocycles. The highest BCUT2D eigenvalue weighted by molar-refractivity contribution is 6.41. The fourth-order valence-corrected chi connectivity index (χ4v) is 1.68. The number of ether oxygens (including phenoxy) is 1. The number of benzene rings is 1. The summed E-state index contributed by atoms with van der Waals surface area (Å²) in [6.07, 6.45) is 0.554. The first-order valence-corrected chi connectivity index (χ1v) is 5.31. The van der Waals surface area contributed by atoms with Crippen molar-refractivity contribution in [1.82, 2.24) is 0 Å². The van der Waals surface area contributed by atoms with Crippen molar-refractivity contribution in [2.45, 2.75) is 0 Å². The molecule has 4 nitrogen and oxygen atoms in total. The molecule has 0 aliphatic rings. The summed E-state index contributed by atoms with van der Waals surface area (Å²) in [7, 11) is 1.01. The van der Waals surface area contributed by atoms with E-state index in [1.807, 2.05) is 0 Å². The molecule has 1 rings (SSSR count). The van der Waals surface area contributed by atoms with E-state index in [-0.39, 0.29) is 10.6 Å². The number of aliphatic hydroxyl groups excluding tert-OH is 1. The van der Waals surface area contributed by atoms with Gasteiger partial charge in [-0.25, -0.2) is 9.18 Å². The Labute approximate surface area is 112 Å². The number of halogens is 3. The fourth-order valence-electron chi connectivity index (χ4n) is 1.12. The Morgan fingerprint density at radius 1 is 1.39 bits per heavy atom. The third-order valence-corrected chi connectivity index (χ3v) is 2.64. The van der Waals surface area contributed by atoms with Gasteiger partial charge < -0.3 is 9.84 Å². The van der Waals surface area contributed by atoms with Gasteiger partial charge in [0.2, 0.25) is 0 Å². The van der Waals surface area contributed by atoms with Crippen LogP contribution in [-0.2, 0) is 14.3 Å². The van der Waals surface area contributed by atoms with Crippen LogP contribution in [0.1, 0.15) is 5.56 Å². The average molecular weight is 293 g/mol. The predicted octanol–water partition coefficient (Wildman–Crippen LogP) is 2.77. The Hall–Kier alpha value is -1.59. The van der Waals surface area contributed by atoms with E-state index in [9.17, 15) is 19.1 Å². The highest BCUT2D eigenvalue weighted by atomic mass is 35.5. The molecule has 0 aromatic heterocycles. The molecule has 0 heterocycles. The molecule has 0 unspecified atom stereocenters. The molecule has 0 radical (unpaired) electrons. The summed E-state index contributed by atoms with van der Waals surface area (Å²) in [5, 5.41) is 9.11. The highest BCUT2D eigenvalue weighted by Gasteiger charge is 2.18. The van der Waals surface area contributed by atoms with Gasteiger partial charge in [0, 0.05) is 6.08 Å². The number of ketones is 1. The van der Waals surface area contributed by atoms with E-state index in [2.05, 4.69) is 4.74 Å². The van der Waals surface area contributed by atoms with Gasteiger partial charge in [-0.2, -0.15) is 0 Å². The molecule has 96 valence electrons. The van der Waals surface area contributed by atoms with Crippen LogP contribution in [0, 0.1) is 5.82 Å². The Morgan fingerprint density at radius 3 is 2.56 bits per heavy atom. The summed E-state index contributed by atoms with van der Waals surface area (Å²) in [6.45, 7) is 0. The van der Waals surface area contributed by atoms with Crippen molar-refractivity contribution in [2.24, 2.45) is 0 Å². The van der Waals surface area contributed by atoms with Crippen molar-refractivity contribution >= 4 is 40.7 Å². The van der Waals surface area contributed by atoms with Crippen LogP contribution in [0.4, 0.5) is 4.39 Å². The van der Waals surface area contributed by atoms with E-state index >= 15 is 0 Å². The monoisotopic (exact) mass is 292 g/mol. The molecule has 0 amide bonds. The van der Waals surface area contributed by atoms with Crippen LogP contribution in [0.5, 0.6) is 0 Å². The number of methoxy groups -OCH3 is 1.